The summed E-state index contributed by atoms with van der Waals surface area (Å²) in [6.07, 6.45) is 0. The van der Waals surface area contributed by atoms with Crippen LogP contribution in [0, 0.1) is 12.7 Å². The summed E-state index contributed by atoms with van der Waals surface area (Å²) in [5, 5.41) is 0.397. The van der Waals surface area contributed by atoms with Gasteiger partial charge in [0.2, 0.25) is 0 Å². The molecule has 0 heterocycles. The van der Waals surface area contributed by atoms with Gasteiger partial charge in [-0.3, -0.25) is 0 Å². The van der Waals surface area contributed by atoms with Crippen molar-refractivity contribution in [2.24, 2.45) is 0 Å². The van der Waals surface area contributed by atoms with E-state index in [1.165, 1.54) is 6.07 Å². The molecule has 0 spiro atoms. The van der Waals surface area contributed by atoms with Gasteiger partial charge < -0.3 is 5.73 Å². The topological polar surface area (TPSA) is 26.0 Å². The average molecular weight is 236 g/mol. The van der Waals surface area contributed by atoms with Crippen molar-refractivity contribution in [3.05, 3.63) is 52.8 Å². The third-order valence-electron chi connectivity index (χ3n) is 2.45. The fourth-order valence-corrected chi connectivity index (χ4v) is 1.84. The first-order chi connectivity index (χ1) is 7.58. The number of nitrogen functional groups attached to an aromatic ring is 1. The van der Waals surface area contributed by atoms with Crippen molar-refractivity contribution < 1.29 is 4.39 Å². The lowest BCUT2D eigenvalue weighted by molar-refractivity contribution is 0.619. The molecule has 0 aliphatic rings. The van der Waals surface area contributed by atoms with E-state index in [0.29, 0.717) is 16.3 Å². The van der Waals surface area contributed by atoms with Crippen molar-refractivity contribution in [1.29, 1.82) is 0 Å². The standard InChI is InChI=1S/C13H11ClFN/c1-8-5-11(12(14)7-13(8)15)9-3-2-4-10(16)6-9/h2-7H,16H2,1H3. The summed E-state index contributed by atoms with van der Waals surface area (Å²) in [5.41, 5.74) is 8.63. The fraction of sp³-hybridized carbons (Fsp3) is 0.0769. The highest BCUT2D eigenvalue weighted by Gasteiger charge is 2.07. The van der Waals surface area contributed by atoms with Crippen LogP contribution in [0.15, 0.2) is 36.4 Å². The summed E-state index contributed by atoms with van der Waals surface area (Å²) in [5.74, 6) is -0.294. The predicted molar refractivity (Wildman–Crippen MR) is 66.0 cm³/mol. The van der Waals surface area contributed by atoms with Crippen LogP contribution in [0.2, 0.25) is 5.02 Å². The molecule has 2 aromatic rings. The highest BCUT2D eigenvalue weighted by Crippen LogP contribution is 2.31. The first-order valence-electron chi connectivity index (χ1n) is 4.89. The monoisotopic (exact) mass is 235 g/mol. The quantitative estimate of drug-likeness (QED) is 0.742. The second-order valence-electron chi connectivity index (χ2n) is 3.71. The van der Waals surface area contributed by atoms with Gasteiger partial charge in [-0.25, -0.2) is 4.39 Å². The average Bonchev–Trinajstić information content (AvgIpc) is 2.23. The lowest BCUT2D eigenvalue weighted by Crippen LogP contribution is -1.89. The lowest BCUT2D eigenvalue weighted by Gasteiger charge is -2.07. The van der Waals surface area contributed by atoms with E-state index in [1.54, 1.807) is 19.1 Å². The molecule has 0 saturated carbocycles. The van der Waals surface area contributed by atoms with Crippen LogP contribution in [0.1, 0.15) is 5.56 Å². The first-order valence-corrected chi connectivity index (χ1v) is 5.27. The maximum atomic E-state index is 13.2. The number of hydrogen-bond donors (Lipinski definition) is 1. The van der Waals surface area contributed by atoms with Crippen molar-refractivity contribution in [2.45, 2.75) is 6.92 Å². The van der Waals surface area contributed by atoms with Crippen LogP contribution in [-0.4, -0.2) is 0 Å². The summed E-state index contributed by atoms with van der Waals surface area (Å²) >= 11 is 6.01. The van der Waals surface area contributed by atoms with Crippen LogP contribution in [-0.2, 0) is 0 Å². The molecule has 1 nitrogen and oxygen atoms in total. The van der Waals surface area contributed by atoms with Crippen LogP contribution < -0.4 is 5.73 Å². The van der Waals surface area contributed by atoms with Crippen molar-refractivity contribution in [2.75, 3.05) is 5.73 Å². The Labute approximate surface area is 98.7 Å². The smallest absolute Gasteiger partial charge is 0.127 e. The molecule has 3 heteroatoms. The molecule has 2 N–H and O–H groups in total. The Morgan fingerprint density at radius 3 is 2.62 bits per heavy atom. The minimum Gasteiger partial charge on any atom is -0.399 e. The maximum Gasteiger partial charge on any atom is 0.127 e. The number of halogens is 2. The van der Waals surface area contributed by atoms with Gasteiger partial charge in [0, 0.05) is 11.3 Å². The normalized spacial score (nSPS) is 10.4. The van der Waals surface area contributed by atoms with E-state index in [2.05, 4.69) is 0 Å². The number of hydrogen-bond acceptors (Lipinski definition) is 1. The third-order valence-corrected chi connectivity index (χ3v) is 2.76. The van der Waals surface area contributed by atoms with Crippen molar-refractivity contribution in [3.8, 4) is 11.1 Å². The number of rotatable bonds is 1. The predicted octanol–water partition coefficient (Wildman–Crippen LogP) is 4.04. The van der Waals surface area contributed by atoms with Crippen molar-refractivity contribution >= 4 is 17.3 Å². The molecule has 0 saturated heterocycles. The molecule has 0 aliphatic heterocycles. The van der Waals surface area contributed by atoms with E-state index < -0.39 is 0 Å². The van der Waals surface area contributed by atoms with E-state index in [-0.39, 0.29) is 5.82 Å². The van der Waals surface area contributed by atoms with Crippen LogP contribution in [0.5, 0.6) is 0 Å². The van der Waals surface area contributed by atoms with Gasteiger partial charge in [0.05, 0.1) is 5.02 Å². The fourth-order valence-electron chi connectivity index (χ4n) is 1.58. The molecule has 0 unspecified atom stereocenters. The number of nitrogens with two attached hydrogens (primary N) is 1. The molecular formula is C13H11ClFN. The van der Waals surface area contributed by atoms with Gasteiger partial charge in [-0.15, -0.1) is 0 Å². The Morgan fingerprint density at radius 2 is 1.94 bits per heavy atom. The Bertz CT molecular complexity index is 537. The Hall–Kier alpha value is -1.54. The lowest BCUT2D eigenvalue weighted by atomic mass is 10.0. The Balaban J connectivity index is 2.60. The van der Waals surface area contributed by atoms with Gasteiger partial charge in [0.1, 0.15) is 5.82 Å². The zero-order chi connectivity index (χ0) is 11.7. The molecule has 0 amide bonds. The minimum atomic E-state index is -0.294. The van der Waals surface area contributed by atoms with Gasteiger partial charge in [-0.2, -0.15) is 0 Å². The van der Waals surface area contributed by atoms with Crippen LogP contribution in [0.4, 0.5) is 10.1 Å². The molecule has 0 aromatic heterocycles. The summed E-state index contributed by atoms with van der Waals surface area (Å²) < 4.78 is 13.2. The molecule has 0 aliphatic carbocycles. The van der Waals surface area contributed by atoms with E-state index in [4.69, 9.17) is 17.3 Å². The minimum absolute atomic E-state index is 0.294. The van der Waals surface area contributed by atoms with Gasteiger partial charge in [0.15, 0.2) is 0 Å². The summed E-state index contributed by atoms with van der Waals surface area (Å²) in [6.45, 7) is 1.71. The van der Waals surface area contributed by atoms with E-state index >= 15 is 0 Å². The number of benzene rings is 2. The number of anilines is 1. The zero-order valence-corrected chi connectivity index (χ0v) is 9.55. The largest absolute Gasteiger partial charge is 0.399 e. The first kappa shape index (κ1) is 11.0. The second kappa shape index (κ2) is 4.14. The molecule has 0 radical (unpaired) electrons. The maximum absolute atomic E-state index is 13.2. The van der Waals surface area contributed by atoms with E-state index in [1.807, 2.05) is 18.2 Å². The van der Waals surface area contributed by atoms with Crippen molar-refractivity contribution in [3.63, 3.8) is 0 Å². The molecule has 2 rings (SSSR count). The van der Waals surface area contributed by atoms with Gasteiger partial charge >= 0.3 is 0 Å². The summed E-state index contributed by atoms with van der Waals surface area (Å²) in [6, 6.07) is 10.4. The second-order valence-corrected chi connectivity index (χ2v) is 4.11. The molecule has 16 heavy (non-hydrogen) atoms. The van der Waals surface area contributed by atoms with Gasteiger partial charge in [-0.05, 0) is 42.3 Å². The highest BCUT2D eigenvalue weighted by molar-refractivity contribution is 6.33. The van der Waals surface area contributed by atoms with Gasteiger partial charge in [0.25, 0.3) is 0 Å². The highest BCUT2D eigenvalue weighted by atomic mass is 35.5. The summed E-state index contributed by atoms with van der Waals surface area (Å²) in [4.78, 5) is 0. The molecule has 0 atom stereocenters. The SMILES string of the molecule is Cc1cc(-c2cccc(N)c2)c(Cl)cc1F. The van der Waals surface area contributed by atoms with Crippen LogP contribution >= 0.6 is 11.6 Å². The van der Waals surface area contributed by atoms with Crippen molar-refractivity contribution in [1.82, 2.24) is 0 Å². The molecule has 82 valence electrons. The third kappa shape index (κ3) is 2.02. The van der Waals surface area contributed by atoms with Crippen LogP contribution in [0.25, 0.3) is 11.1 Å². The van der Waals surface area contributed by atoms with Crippen LogP contribution in [0.3, 0.4) is 0 Å². The molecule has 0 bridgehead atoms. The van der Waals surface area contributed by atoms with E-state index in [0.717, 1.165) is 11.1 Å². The zero-order valence-electron chi connectivity index (χ0n) is 8.80. The Morgan fingerprint density at radius 1 is 1.19 bits per heavy atom. The summed E-state index contributed by atoms with van der Waals surface area (Å²) in [7, 11) is 0. The molecular weight excluding hydrogens is 225 g/mol. The molecule has 0 fully saturated rings. The van der Waals surface area contributed by atoms with E-state index in [9.17, 15) is 4.39 Å². The molecule has 2 aromatic carbocycles. The number of aryl methyl sites for hydroxylation is 1. The Kier molecular flexibility index (Phi) is 2.84. The van der Waals surface area contributed by atoms with Gasteiger partial charge in [-0.1, -0.05) is 23.7 Å².